The third kappa shape index (κ3) is 5.86. The molecule has 5 N–H and O–H groups in total. The molecule has 0 radical (unpaired) electrons. The van der Waals surface area contributed by atoms with Gasteiger partial charge in [0.2, 0.25) is 11.8 Å². The lowest BCUT2D eigenvalue weighted by Gasteiger charge is -2.14. The molecule has 0 aromatic rings. The smallest absolute Gasteiger partial charge is 0.237 e. The zero-order chi connectivity index (χ0) is 12.6. The summed E-state index contributed by atoms with van der Waals surface area (Å²) >= 11 is 0. The second-order valence-corrected chi connectivity index (χ2v) is 3.27. The summed E-state index contributed by atoms with van der Waals surface area (Å²) in [6.07, 6.45) is 1.14. The van der Waals surface area contributed by atoms with E-state index >= 15 is 0 Å². The van der Waals surface area contributed by atoms with Gasteiger partial charge in [0.1, 0.15) is 12.6 Å². The third-order valence-electron chi connectivity index (χ3n) is 1.85. The van der Waals surface area contributed by atoms with Gasteiger partial charge >= 0.3 is 0 Å². The predicted molar refractivity (Wildman–Crippen MR) is 55.1 cm³/mol. The van der Waals surface area contributed by atoms with E-state index in [9.17, 15) is 19.2 Å². The van der Waals surface area contributed by atoms with Gasteiger partial charge in [0.05, 0.1) is 18.5 Å². The molecule has 0 fully saturated rings. The monoisotopic (exact) mass is 229 g/mol. The number of nitrogens with two attached hydrogens (primary N) is 2. The SMILES string of the molecule is NC(=O)C[C@H](C=O)NC(=O)[C@H](N)CCC=O. The van der Waals surface area contributed by atoms with Crippen LogP contribution in [0.1, 0.15) is 19.3 Å². The van der Waals surface area contributed by atoms with Gasteiger partial charge in [-0.1, -0.05) is 0 Å². The summed E-state index contributed by atoms with van der Waals surface area (Å²) in [6.45, 7) is 0. The van der Waals surface area contributed by atoms with Gasteiger partial charge in [0.15, 0.2) is 0 Å². The van der Waals surface area contributed by atoms with E-state index in [4.69, 9.17) is 11.5 Å². The van der Waals surface area contributed by atoms with Gasteiger partial charge in [0.25, 0.3) is 0 Å². The Balaban J connectivity index is 4.12. The van der Waals surface area contributed by atoms with Crippen LogP contribution in [0.15, 0.2) is 0 Å². The minimum Gasteiger partial charge on any atom is -0.370 e. The number of carbonyl (C=O) groups is 4. The molecule has 0 aromatic heterocycles. The maximum absolute atomic E-state index is 11.3. The number of rotatable bonds is 8. The summed E-state index contributed by atoms with van der Waals surface area (Å²) in [6, 6.07) is -1.84. The van der Waals surface area contributed by atoms with E-state index in [2.05, 4.69) is 5.32 Å². The molecule has 2 atom stereocenters. The van der Waals surface area contributed by atoms with Crippen LogP contribution in [0.2, 0.25) is 0 Å². The molecular weight excluding hydrogens is 214 g/mol. The lowest BCUT2D eigenvalue weighted by Crippen LogP contribution is -2.47. The van der Waals surface area contributed by atoms with Gasteiger partial charge in [-0.2, -0.15) is 0 Å². The molecule has 0 aromatic carbocycles. The van der Waals surface area contributed by atoms with Crippen LogP contribution in [0.3, 0.4) is 0 Å². The van der Waals surface area contributed by atoms with Gasteiger partial charge in [-0.15, -0.1) is 0 Å². The molecule has 16 heavy (non-hydrogen) atoms. The maximum atomic E-state index is 11.3. The lowest BCUT2D eigenvalue weighted by atomic mass is 10.1. The number of carbonyl (C=O) groups excluding carboxylic acids is 4. The molecule has 2 amide bonds. The summed E-state index contributed by atoms with van der Waals surface area (Å²) in [4.78, 5) is 42.4. The van der Waals surface area contributed by atoms with Crippen molar-refractivity contribution in [2.75, 3.05) is 0 Å². The summed E-state index contributed by atoms with van der Waals surface area (Å²) in [5.41, 5.74) is 10.3. The zero-order valence-corrected chi connectivity index (χ0v) is 8.72. The molecule has 7 nitrogen and oxygen atoms in total. The van der Waals surface area contributed by atoms with E-state index in [0.29, 0.717) is 12.6 Å². The van der Waals surface area contributed by atoms with Crippen molar-refractivity contribution in [2.24, 2.45) is 11.5 Å². The standard InChI is InChI=1S/C9H15N3O4/c10-7(2-1-3-13)9(16)12-6(5-14)4-8(11)15/h3,5-7H,1-2,4,10H2,(H2,11,15)(H,12,16)/t6-,7-/m1/s1. The largest absolute Gasteiger partial charge is 0.370 e. The summed E-state index contributed by atoms with van der Waals surface area (Å²) in [5, 5.41) is 2.26. The average molecular weight is 229 g/mol. The third-order valence-corrected chi connectivity index (χ3v) is 1.85. The van der Waals surface area contributed by atoms with Crippen molar-refractivity contribution in [3.63, 3.8) is 0 Å². The lowest BCUT2D eigenvalue weighted by molar-refractivity contribution is -0.126. The number of primary amides is 1. The van der Waals surface area contributed by atoms with Crippen LogP contribution in [0.5, 0.6) is 0 Å². The Morgan fingerprint density at radius 2 is 1.94 bits per heavy atom. The maximum Gasteiger partial charge on any atom is 0.237 e. The van der Waals surface area contributed by atoms with Crippen LogP contribution in [0.25, 0.3) is 0 Å². The van der Waals surface area contributed by atoms with Crippen molar-refractivity contribution >= 4 is 24.4 Å². The highest BCUT2D eigenvalue weighted by Crippen LogP contribution is 1.94. The Bertz CT molecular complexity index is 280. The van der Waals surface area contributed by atoms with Crippen molar-refractivity contribution in [1.82, 2.24) is 5.32 Å². The van der Waals surface area contributed by atoms with E-state index < -0.39 is 23.9 Å². The predicted octanol–water partition coefficient (Wildman–Crippen LogP) is -2.15. The Labute approximate surface area is 92.5 Å². The van der Waals surface area contributed by atoms with E-state index in [1.807, 2.05) is 0 Å². The Hall–Kier alpha value is -1.76. The van der Waals surface area contributed by atoms with Crippen LogP contribution in [0, 0.1) is 0 Å². The van der Waals surface area contributed by atoms with Crippen molar-refractivity contribution in [1.29, 1.82) is 0 Å². The van der Waals surface area contributed by atoms with Gasteiger partial charge < -0.3 is 26.4 Å². The molecule has 0 spiro atoms. The molecule has 0 aliphatic rings. The molecule has 90 valence electrons. The normalized spacial score (nSPS) is 13.6. The van der Waals surface area contributed by atoms with Crippen molar-refractivity contribution in [3.8, 4) is 0 Å². The molecular formula is C9H15N3O4. The fourth-order valence-electron chi connectivity index (χ4n) is 1.02. The fraction of sp³-hybridized carbons (Fsp3) is 0.556. The summed E-state index contributed by atoms with van der Waals surface area (Å²) in [7, 11) is 0. The fourth-order valence-corrected chi connectivity index (χ4v) is 1.02. The van der Waals surface area contributed by atoms with Crippen LogP contribution < -0.4 is 16.8 Å². The Morgan fingerprint density at radius 3 is 2.38 bits per heavy atom. The second-order valence-electron chi connectivity index (χ2n) is 3.27. The van der Waals surface area contributed by atoms with Crippen molar-refractivity contribution in [2.45, 2.75) is 31.3 Å². The Kier molecular flexibility index (Phi) is 6.69. The van der Waals surface area contributed by atoms with E-state index in [-0.39, 0.29) is 19.3 Å². The van der Waals surface area contributed by atoms with Gasteiger partial charge in [-0.25, -0.2) is 0 Å². The minimum absolute atomic E-state index is 0.163. The topological polar surface area (TPSA) is 132 Å². The van der Waals surface area contributed by atoms with Crippen molar-refractivity contribution in [3.05, 3.63) is 0 Å². The van der Waals surface area contributed by atoms with Crippen LogP contribution >= 0.6 is 0 Å². The molecule has 0 rings (SSSR count). The molecule has 0 heterocycles. The minimum atomic E-state index is -0.965. The van der Waals surface area contributed by atoms with Crippen LogP contribution in [0.4, 0.5) is 0 Å². The highest BCUT2D eigenvalue weighted by Gasteiger charge is 2.18. The molecule has 0 saturated heterocycles. The van der Waals surface area contributed by atoms with Crippen LogP contribution in [-0.4, -0.2) is 36.5 Å². The first kappa shape index (κ1) is 14.2. The van der Waals surface area contributed by atoms with Gasteiger partial charge in [-0.3, -0.25) is 9.59 Å². The average Bonchev–Trinajstić information content (AvgIpc) is 2.23. The van der Waals surface area contributed by atoms with Crippen LogP contribution in [-0.2, 0) is 19.2 Å². The van der Waals surface area contributed by atoms with E-state index in [0.717, 1.165) is 0 Å². The first-order valence-corrected chi connectivity index (χ1v) is 4.74. The van der Waals surface area contributed by atoms with Crippen molar-refractivity contribution < 1.29 is 19.2 Å². The first-order chi connectivity index (χ1) is 7.51. The zero-order valence-electron chi connectivity index (χ0n) is 8.72. The number of hydrogen-bond donors (Lipinski definition) is 3. The number of nitrogens with one attached hydrogen (secondary N) is 1. The number of aldehydes is 2. The molecule has 0 bridgehead atoms. The number of hydrogen-bond acceptors (Lipinski definition) is 5. The quantitative estimate of drug-likeness (QED) is 0.408. The number of amides is 2. The van der Waals surface area contributed by atoms with E-state index in [1.165, 1.54) is 0 Å². The summed E-state index contributed by atoms with van der Waals surface area (Å²) in [5.74, 6) is -1.28. The van der Waals surface area contributed by atoms with Gasteiger partial charge in [0, 0.05) is 6.42 Å². The molecule has 0 saturated carbocycles. The molecule has 7 heteroatoms. The highest BCUT2D eigenvalue weighted by molar-refractivity contribution is 5.86. The second kappa shape index (κ2) is 7.52. The van der Waals surface area contributed by atoms with Gasteiger partial charge in [-0.05, 0) is 6.42 Å². The van der Waals surface area contributed by atoms with E-state index in [1.54, 1.807) is 0 Å². The molecule has 0 unspecified atom stereocenters. The molecule has 0 aliphatic heterocycles. The Morgan fingerprint density at radius 1 is 1.31 bits per heavy atom. The first-order valence-electron chi connectivity index (χ1n) is 4.74. The molecule has 0 aliphatic carbocycles. The highest BCUT2D eigenvalue weighted by atomic mass is 16.2. The summed E-state index contributed by atoms with van der Waals surface area (Å²) < 4.78 is 0.